The number of methoxy groups -OCH3 is 1. The van der Waals surface area contributed by atoms with E-state index in [4.69, 9.17) is 4.74 Å². The van der Waals surface area contributed by atoms with Gasteiger partial charge in [0.05, 0.1) is 13.0 Å². The lowest BCUT2D eigenvalue weighted by Gasteiger charge is -2.18. The van der Waals surface area contributed by atoms with Gasteiger partial charge < -0.3 is 15.0 Å². The molecule has 29 heavy (non-hydrogen) atoms. The molecule has 1 heterocycles. The number of halogens is 1. The minimum atomic E-state index is -0.384. The Bertz CT molecular complexity index is 853. The lowest BCUT2D eigenvalue weighted by Crippen LogP contribution is -2.36. The van der Waals surface area contributed by atoms with Crippen LogP contribution in [0.15, 0.2) is 48.5 Å². The van der Waals surface area contributed by atoms with Crippen LogP contribution in [-0.2, 0) is 4.79 Å². The van der Waals surface area contributed by atoms with Crippen LogP contribution in [0, 0.1) is 11.7 Å². The van der Waals surface area contributed by atoms with Gasteiger partial charge >= 0.3 is 0 Å². The maximum atomic E-state index is 13.2. The summed E-state index contributed by atoms with van der Waals surface area (Å²) in [6.07, 6.45) is 1.92. The van der Waals surface area contributed by atoms with Crippen LogP contribution in [0.5, 0.6) is 5.75 Å². The van der Waals surface area contributed by atoms with Crippen LogP contribution in [0.25, 0.3) is 0 Å². The van der Waals surface area contributed by atoms with Crippen molar-refractivity contribution in [2.24, 2.45) is 5.92 Å². The molecule has 0 aromatic heterocycles. The van der Waals surface area contributed by atoms with Crippen LogP contribution in [-0.4, -0.2) is 43.5 Å². The zero-order valence-corrected chi connectivity index (χ0v) is 16.9. The Morgan fingerprint density at radius 3 is 2.62 bits per heavy atom. The smallest absolute Gasteiger partial charge is 0.253 e. The predicted molar refractivity (Wildman–Crippen MR) is 109 cm³/mol. The van der Waals surface area contributed by atoms with Gasteiger partial charge in [-0.2, -0.15) is 0 Å². The van der Waals surface area contributed by atoms with Gasteiger partial charge in [0.2, 0.25) is 5.91 Å². The highest BCUT2D eigenvalue weighted by molar-refractivity contribution is 5.95. The second kappa shape index (κ2) is 9.54. The van der Waals surface area contributed by atoms with Crippen LogP contribution in [0.2, 0.25) is 0 Å². The summed E-state index contributed by atoms with van der Waals surface area (Å²) in [6.45, 7) is 3.46. The average Bonchev–Trinajstić information content (AvgIpc) is 3.19. The summed E-state index contributed by atoms with van der Waals surface area (Å²) in [7, 11) is 1.60. The summed E-state index contributed by atoms with van der Waals surface area (Å²) < 4.78 is 18.5. The molecule has 3 rings (SSSR count). The number of carbonyl (C=O) groups excluding carboxylic acids is 2. The van der Waals surface area contributed by atoms with Crippen molar-refractivity contribution in [3.05, 3.63) is 65.5 Å². The molecular weight excluding hydrogens is 371 g/mol. The lowest BCUT2D eigenvalue weighted by molar-refractivity contribution is -0.124. The minimum Gasteiger partial charge on any atom is -0.497 e. The fourth-order valence-electron chi connectivity index (χ4n) is 3.74. The number of amides is 2. The number of nitrogens with one attached hydrogen (secondary N) is 1. The SMILES string of the molecule is CCCCNC(=O)C1CN(C(=O)c2ccc(F)cc2)CC1c1cccc(OC)c1. The van der Waals surface area contributed by atoms with Crippen molar-refractivity contribution in [3.63, 3.8) is 0 Å². The zero-order chi connectivity index (χ0) is 20.8. The lowest BCUT2D eigenvalue weighted by atomic mass is 9.88. The molecule has 1 aliphatic rings. The van der Waals surface area contributed by atoms with Gasteiger partial charge in [0.15, 0.2) is 0 Å². The van der Waals surface area contributed by atoms with Crippen LogP contribution in [0.1, 0.15) is 41.6 Å². The summed E-state index contributed by atoms with van der Waals surface area (Å²) in [5.74, 6) is -0.372. The van der Waals surface area contributed by atoms with E-state index in [0.29, 0.717) is 25.2 Å². The molecule has 0 radical (unpaired) electrons. The molecule has 154 valence electrons. The maximum Gasteiger partial charge on any atom is 0.253 e. The molecule has 0 spiro atoms. The van der Waals surface area contributed by atoms with Gasteiger partial charge in [0.1, 0.15) is 11.6 Å². The van der Waals surface area contributed by atoms with Crippen molar-refractivity contribution in [2.75, 3.05) is 26.7 Å². The molecule has 2 atom stereocenters. The Kier molecular flexibility index (Phi) is 6.86. The summed E-state index contributed by atoms with van der Waals surface area (Å²) in [4.78, 5) is 27.5. The fraction of sp³-hybridized carbons (Fsp3) is 0.391. The Hall–Kier alpha value is -2.89. The molecule has 2 unspecified atom stereocenters. The van der Waals surface area contributed by atoms with E-state index < -0.39 is 0 Å². The molecule has 1 saturated heterocycles. The van der Waals surface area contributed by atoms with Gasteiger partial charge in [0.25, 0.3) is 5.91 Å². The molecule has 5 nitrogen and oxygen atoms in total. The van der Waals surface area contributed by atoms with Gasteiger partial charge in [0, 0.05) is 31.1 Å². The summed E-state index contributed by atoms with van der Waals surface area (Å²) in [5, 5.41) is 3.00. The Morgan fingerprint density at radius 1 is 1.17 bits per heavy atom. The number of benzene rings is 2. The number of unbranched alkanes of at least 4 members (excludes halogenated alkanes) is 1. The van der Waals surface area contributed by atoms with E-state index >= 15 is 0 Å². The van der Waals surface area contributed by atoms with E-state index in [2.05, 4.69) is 12.2 Å². The topological polar surface area (TPSA) is 58.6 Å². The number of carbonyl (C=O) groups is 2. The number of likely N-dealkylation sites (tertiary alicyclic amines) is 1. The molecule has 6 heteroatoms. The highest BCUT2D eigenvalue weighted by Crippen LogP contribution is 2.35. The monoisotopic (exact) mass is 398 g/mol. The third-order valence-corrected chi connectivity index (χ3v) is 5.39. The first-order chi connectivity index (χ1) is 14.0. The molecule has 1 N–H and O–H groups in total. The molecule has 2 aromatic rings. The Morgan fingerprint density at radius 2 is 1.93 bits per heavy atom. The van der Waals surface area contributed by atoms with Gasteiger partial charge in [-0.25, -0.2) is 4.39 Å². The van der Waals surface area contributed by atoms with E-state index in [-0.39, 0.29) is 29.5 Å². The molecule has 1 fully saturated rings. The second-order valence-corrected chi connectivity index (χ2v) is 7.35. The Labute approximate surface area is 170 Å². The highest BCUT2D eigenvalue weighted by Gasteiger charge is 2.40. The third-order valence-electron chi connectivity index (χ3n) is 5.39. The first kappa shape index (κ1) is 20.8. The zero-order valence-electron chi connectivity index (χ0n) is 16.9. The van der Waals surface area contributed by atoms with Crippen molar-refractivity contribution in [1.82, 2.24) is 10.2 Å². The summed E-state index contributed by atoms with van der Waals surface area (Å²) in [5.41, 5.74) is 1.39. The summed E-state index contributed by atoms with van der Waals surface area (Å²) in [6, 6.07) is 13.1. The molecule has 0 aliphatic carbocycles. The number of rotatable bonds is 7. The van der Waals surface area contributed by atoms with Crippen LogP contribution >= 0.6 is 0 Å². The van der Waals surface area contributed by atoms with Crippen LogP contribution in [0.4, 0.5) is 4.39 Å². The predicted octanol–water partition coefficient (Wildman–Crippen LogP) is 3.61. The standard InChI is InChI=1S/C23H27FN2O3/c1-3-4-12-25-22(27)21-15-26(23(28)16-8-10-18(24)11-9-16)14-20(21)17-6-5-7-19(13-17)29-2/h5-11,13,20-21H,3-4,12,14-15H2,1-2H3,(H,25,27). The van der Waals surface area contributed by atoms with Gasteiger partial charge in [-0.15, -0.1) is 0 Å². The van der Waals surface area contributed by atoms with E-state index in [9.17, 15) is 14.0 Å². The van der Waals surface area contributed by atoms with Crippen molar-refractivity contribution < 1.29 is 18.7 Å². The average molecular weight is 398 g/mol. The van der Waals surface area contributed by atoms with Gasteiger partial charge in [-0.05, 0) is 48.4 Å². The highest BCUT2D eigenvalue weighted by atomic mass is 19.1. The minimum absolute atomic E-state index is 0.0410. The van der Waals surface area contributed by atoms with E-state index in [1.54, 1.807) is 12.0 Å². The van der Waals surface area contributed by atoms with Gasteiger partial charge in [-0.1, -0.05) is 25.5 Å². The normalized spacial score (nSPS) is 18.5. The number of hydrogen-bond acceptors (Lipinski definition) is 3. The molecular formula is C23H27FN2O3. The number of ether oxygens (including phenoxy) is 1. The molecule has 2 aromatic carbocycles. The molecule has 1 aliphatic heterocycles. The van der Waals surface area contributed by atoms with Crippen LogP contribution in [0.3, 0.4) is 0 Å². The van der Waals surface area contributed by atoms with Gasteiger partial charge in [-0.3, -0.25) is 9.59 Å². The van der Waals surface area contributed by atoms with Crippen molar-refractivity contribution in [2.45, 2.75) is 25.7 Å². The van der Waals surface area contributed by atoms with E-state index in [1.165, 1.54) is 24.3 Å². The quantitative estimate of drug-likeness (QED) is 0.725. The molecule has 2 amide bonds. The first-order valence-electron chi connectivity index (χ1n) is 10.00. The Balaban J connectivity index is 1.83. The second-order valence-electron chi connectivity index (χ2n) is 7.35. The van der Waals surface area contributed by atoms with Crippen molar-refractivity contribution in [3.8, 4) is 5.75 Å². The van der Waals surface area contributed by atoms with Crippen LogP contribution < -0.4 is 10.1 Å². The van der Waals surface area contributed by atoms with Crippen molar-refractivity contribution >= 4 is 11.8 Å². The fourth-order valence-corrected chi connectivity index (χ4v) is 3.74. The molecule has 0 saturated carbocycles. The van der Waals surface area contributed by atoms with E-state index in [0.717, 1.165) is 24.2 Å². The third kappa shape index (κ3) is 4.94. The number of hydrogen-bond donors (Lipinski definition) is 1. The maximum absolute atomic E-state index is 13.2. The largest absolute Gasteiger partial charge is 0.497 e. The van der Waals surface area contributed by atoms with E-state index in [1.807, 2.05) is 24.3 Å². The summed E-state index contributed by atoms with van der Waals surface area (Å²) >= 11 is 0. The molecule has 0 bridgehead atoms. The number of nitrogens with zero attached hydrogens (tertiary/aromatic N) is 1. The first-order valence-corrected chi connectivity index (χ1v) is 10.00. The van der Waals surface area contributed by atoms with Crippen molar-refractivity contribution in [1.29, 1.82) is 0 Å².